The van der Waals surface area contributed by atoms with Crippen LogP contribution in [-0.4, -0.2) is 30.3 Å². The van der Waals surface area contributed by atoms with Gasteiger partial charge < -0.3 is 15.2 Å². The number of benzene rings is 2. The molecule has 2 N–H and O–H groups in total. The van der Waals surface area contributed by atoms with E-state index in [1.54, 1.807) is 6.92 Å². The molecule has 1 saturated carbocycles. The fraction of sp³-hybridized carbons (Fsp3) is 0.391. The predicted molar refractivity (Wildman–Crippen MR) is 106 cm³/mol. The summed E-state index contributed by atoms with van der Waals surface area (Å²) in [6.07, 6.45) is 1.32. The summed E-state index contributed by atoms with van der Waals surface area (Å²) < 4.78 is 5.51. The van der Waals surface area contributed by atoms with Gasteiger partial charge in [0, 0.05) is 12.5 Å². The molecule has 0 aromatic heterocycles. The minimum Gasteiger partial charge on any atom is -0.481 e. The Kier molecular flexibility index (Phi) is 5.07. The van der Waals surface area contributed by atoms with Gasteiger partial charge in [-0.25, -0.2) is 4.79 Å². The summed E-state index contributed by atoms with van der Waals surface area (Å²) >= 11 is 0. The molecule has 1 fully saturated rings. The molecular weight excluding hydrogens is 354 g/mol. The second-order valence-electron chi connectivity index (χ2n) is 7.83. The van der Waals surface area contributed by atoms with Crippen LogP contribution in [0.5, 0.6) is 0 Å². The molecule has 2 aliphatic carbocycles. The number of nitrogens with one attached hydrogen (secondary N) is 1. The van der Waals surface area contributed by atoms with Crippen molar-refractivity contribution in [3.63, 3.8) is 0 Å². The maximum absolute atomic E-state index is 12.1. The summed E-state index contributed by atoms with van der Waals surface area (Å²) in [5.74, 6) is -0.361. The molecule has 0 bridgehead atoms. The molecule has 0 saturated heterocycles. The minimum atomic E-state index is -0.739. The Morgan fingerprint density at radius 3 is 2.32 bits per heavy atom. The molecule has 5 heteroatoms. The van der Waals surface area contributed by atoms with Gasteiger partial charge in [-0.1, -0.05) is 55.5 Å². The highest BCUT2D eigenvalue weighted by atomic mass is 16.5. The molecule has 2 unspecified atom stereocenters. The van der Waals surface area contributed by atoms with Crippen molar-refractivity contribution in [2.75, 3.05) is 13.2 Å². The van der Waals surface area contributed by atoms with Crippen molar-refractivity contribution in [2.24, 2.45) is 17.8 Å². The van der Waals surface area contributed by atoms with E-state index in [1.165, 1.54) is 22.3 Å². The van der Waals surface area contributed by atoms with E-state index in [0.29, 0.717) is 19.1 Å². The van der Waals surface area contributed by atoms with Crippen LogP contribution in [0.2, 0.25) is 0 Å². The monoisotopic (exact) mass is 379 g/mol. The summed E-state index contributed by atoms with van der Waals surface area (Å²) in [6, 6.07) is 16.5. The van der Waals surface area contributed by atoms with Crippen molar-refractivity contribution < 1.29 is 19.4 Å². The molecule has 146 valence electrons. The SMILES string of the molecule is C[C@H](C(=O)O)C1CC1CCNC(=O)OCC1c2ccccc2-c2ccccc21. The van der Waals surface area contributed by atoms with E-state index in [9.17, 15) is 9.59 Å². The first kappa shape index (κ1) is 18.5. The largest absolute Gasteiger partial charge is 0.481 e. The molecule has 2 aromatic carbocycles. The van der Waals surface area contributed by atoms with Gasteiger partial charge in [0.1, 0.15) is 6.61 Å². The summed E-state index contributed by atoms with van der Waals surface area (Å²) in [5, 5.41) is 11.9. The Hall–Kier alpha value is -2.82. The molecule has 0 spiro atoms. The third-order valence-corrected chi connectivity index (χ3v) is 6.14. The molecule has 3 atom stereocenters. The Bertz CT molecular complexity index is 848. The molecule has 4 rings (SSSR count). The molecule has 0 aliphatic heterocycles. The molecule has 1 amide bonds. The van der Waals surface area contributed by atoms with Crippen molar-refractivity contribution in [3.05, 3.63) is 59.7 Å². The fourth-order valence-electron chi connectivity index (χ4n) is 4.41. The van der Waals surface area contributed by atoms with Gasteiger partial charge in [0.25, 0.3) is 0 Å². The number of carboxylic acid groups (broad SMARTS) is 1. The quantitative estimate of drug-likeness (QED) is 0.753. The van der Waals surface area contributed by atoms with Gasteiger partial charge in [-0.05, 0) is 46.9 Å². The summed E-state index contributed by atoms with van der Waals surface area (Å²) in [7, 11) is 0. The molecule has 2 aromatic rings. The standard InChI is InChI=1S/C23H25NO4/c1-14(22(25)26)20-12-15(20)10-11-24-23(27)28-13-21-18-8-4-2-6-16(18)17-7-3-5-9-19(17)21/h2-9,14-15,20-21H,10-13H2,1H3,(H,24,27)(H,25,26)/t14-,15?,20?/m0/s1. The average molecular weight is 379 g/mol. The van der Waals surface area contributed by atoms with Crippen molar-refractivity contribution in [1.82, 2.24) is 5.32 Å². The number of alkyl carbamates (subject to hydrolysis) is 1. The number of carbonyl (C=O) groups is 2. The first-order chi connectivity index (χ1) is 13.6. The number of hydrogen-bond acceptors (Lipinski definition) is 3. The van der Waals surface area contributed by atoms with Gasteiger partial charge in [-0.3, -0.25) is 4.79 Å². The Labute approximate surface area is 164 Å². The maximum atomic E-state index is 12.1. The van der Waals surface area contributed by atoms with Gasteiger partial charge >= 0.3 is 12.1 Å². The van der Waals surface area contributed by atoms with Crippen molar-refractivity contribution >= 4 is 12.1 Å². The van der Waals surface area contributed by atoms with E-state index in [2.05, 4.69) is 29.6 Å². The zero-order valence-electron chi connectivity index (χ0n) is 15.9. The molecule has 2 aliphatic rings. The first-order valence-electron chi connectivity index (χ1n) is 9.88. The van der Waals surface area contributed by atoms with E-state index in [-0.39, 0.29) is 17.8 Å². The Morgan fingerprint density at radius 2 is 1.71 bits per heavy atom. The van der Waals surface area contributed by atoms with E-state index in [1.807, 2.05) is 24.3 Å². The van der Waals surface area contributed by atoms with Crippen molar-refractivity contribution in [1.29, 1.82) is 0 Å². The second-order valence-corrected chi connectivity index (χ2v) is 7.83. The smallest absolute Gasteiger partial charge is 0.407 e. The maximum Gasteiger partial charge on any atom is 0.407 e. The summed E-state index contributed by atoms with van der Waals surface area (Å²) in [5.41, 5.74) is 4.80. The van der Waals surface area contributed by atoms with Crippen LogP contribution in [0.1, 0.15) is 36.8 Å². The zero-order valence-corrected chi connectivity index (χ0v) is 15.9. The summed E-state index contributed by atoms with van der Waals surface area (Å²) in [6.45, 7) is 2.58. The number of ether oxygens (including phenoxy) is 1. The highest BCUT2D eigenvalue weighted by Gasteiger charge is 2.43. The van der Waals surface area contributed by atoms with Gasteiger partial charge in [0.15, 0.2) is 0 Å². The lowest BCUT2D eigenvalue weighted by Crippen LogP contribution is -2.27. The van der Waals surface area contributed by atoms with Crippen LogP contribution in [0.3, 0.4) is 0 Å². The molecule has 0 radical (unpaired) electrons. The van der Waals surface area contributed by atoms with Crippen LogP contribution < -0.4 is 5.32 Å². The molecule has 0 heterocycles. The fourth-order valence-corrected chi connectivity index (χ4v) is 4.41. The minimum absolute atomic E-state index is 0.0578. The number of carbonyl (C=O) groups excluding carboxylic acids is 1. The van der Waals surface area contributed by atoms with E-state index in [4.69, 9.17) is 9.84 Å². The lowest BCUT2D eigenvalue weighted by Gasteiger charge is -2.14. The lowest BCUT2D eigenvalue weighted by molar-refractivity contribution is -0.141. The molecular formula is C23H25NO4. The average Bonchev–Trinajstić information content (AvgIpc) is 3.40. The van der Waals surface area contributed by atoms with Crippen LogP contribution in [0.4, 0.5) is 4.79 Å². The van der Waals surface area contributed by atoms with Gasteiger partial charge in [0.05, 0.1) is 5.92 Å². The highest BCUT2D eigenvalue weighted by molar-refractivity contribution is 5.79. The highest BCUT2D eigenvalue weighted by Crippen LogP contribution is 2.46. The number of aliphatic carboxylic acids is 1. The molecule has 5 nitrogen and oxygen atoms in total. The van der Waals surface area contributed by atoms with Gasteiger partial charge in [-0.2, -0.15) is 0 Å². The van der Waals surface area contributed by atoms with E-state index in [0.717, 1.165) is 12.8 Å². The van der Waals surface area contributed by atoms with Gasteiger partial charge in [-0.15, -0.1) is 0 Å². The topological polar surface area (TPSA) is 75.6 Å². The number of carboxylic acids is 1. The first-order valence-corrected chi connectivity index (χ1v) is 9.88. The lowest BCUT2D eigenvalue weighted by atomic mass is 9.98. The van der Waals surface area contributed by atoms with Crippen LogP contribution in [0.15, 0.2) is 48.5 Å². The number of rotatable bonds is 7. The number of amides is 1. The third-order valence-electron chi connectivity index (χ3n) is 6.14. The van der Waals surface area contributed by atoms with Crippen molar-refractivity contribution in [3.8, 4) is 11.1 Å². The number of fused-ring (bicyclic) bond motifs is 3. The predicted octanol–water partition coefficient (Wildman–Crippen LogP) is 4.27. The van der Waals surface area contributed by atoms with Gasteiger partial charge in [0.2, 0.25) is 0 Å². The van der Waals surface area contributed by atoms with Crippen molar-refractivity contribution in [2.45, 2.75) is 25.7 Å². The third kappa shape index (κ3) is 3.61. The Morgan fingerprint density at radius 1 is 1.11 bits per heavy atom. The van der Waals surface area contributed by atoms with Crippen LogP contribution in [-0.2, 0) is 9.53 Å². The van der Waals surface area contributed by atoms with Crippen LogP contribution in [0.25, 0.3) is 11.1 Å². The summed E-state index contributed by atoms with van der Waals surface area (Å²) in [4.78, 5) is 23.1. The normalized spacial score (nSPS) is 20.8. The Balaban J connectivity index is 1.27. The number of hydrogen-bond donors (Lipinski definition) is 2. The van der Waals surface area contributed by atoms with Crippen LogP contribution >= 0.6 is 0 Å². The zero-order chi connectivity index (χ0) is 19.7. The van der Waals surface area contributed by atoms with Crippen LogP contribution in [0, 0.1) is 17.8 Å². The van der Waals surface area contributed by atoms with E-state index >= 15 is 0 Å². The van der Waals surface area contributed by atoms with E-state index < -0.39 is 12.1 Å². The molecule has 28 heavy (non-hydrogen) atoms. The second kappa shape index (κ2) is 7.66.